The topological polar surface area (TPSA) is 58.0 Å². The van der Waals surface area contributed by atoms with Gasteiger partial charge in [-0.25, -0.2) is 4.98 Å². The van der Waals surface area contributed by atoms with E-state index in [9.17, 15) is 0 Å². The van der Waals surface area contributed by atoms with Gasteiger partial charge in [-0.3, -0.25) is 4.98 Å². The summed E-state index contributed by atoms with van der Waals surface area (Å²) >= 11 is 1.63. The van der Waals surface area contributed by atoms with Crippen molar-refractivity contribution in [2.75, 3.05) is 13.2 Å². The molecule has 108 valence electrons. The summed E-state index contributed by atoms with van der Waals surface area (Å²) in [5.74, 6) is 0.395. The van der Waals surface area contributed by atoms with E-state index in [1.54, 1.807) is 17.5 Å². The van der Waals surface area contributed by atoms with E-state index in [-0.39, 0.29) is 6.61 Å². The summed E-state index contributed by atoms with van der Waals surface area (Å²) in [7, 11) is 0. The molecule has 0 bridgehead atoms. The first-order chi connectivity index (χ1) is 9.79. The average Bonchev–Trinajstić information content (AvgIpc) is 2.96. The molecule has 0 aliphatic carbocycles. The van der Waals surface area contributed by atoms with E-state index in [0.717, 1.165) is 42.3 Å². The first-order valence-electron chi connectivity index (χ1n) is 6.97. The van der Waals surface area contributed by atoms with Crippen LogP contribution in [0.2, 0.25) is 0 Å². The van der Waals surface area contributed by atoms with Crippen LogP contribution < -0.4 is 5.32 Å². The summed E-state index contributed by atoms with van der Waals surface area (Å²) in [6, 6.07) is 5.86. The van der Waals surface area contributed by atoms with Crippen molar-refractivity contribution in [2.45, 2.75) is 26.3 Å². The van der Waals surface area contributed by atoms with Gasteiger partial charge >= 0.3 is 0 Å². The molecule has 2 N–H and O–H groups in total. The van der Waals surface area contributed by atoms with Gasteiger partial charge in [0.2, 0.25) is 0 Å². The molecule has 2 heterocycles. The van der Waals surface area contributed by atoms with Crippen LogP contribution in [0.1, 0.15) is 25.5 Å². The molecule has 20 heavy (non-hydrogen) atoms. The third-order valence-electron chi connectivity index (χ3n) is 3.10. The molecule has 0 aliphatic rings. The fraction of sp³-hybridized carbons (Fsp3) is 0.467. The normalized spacial score (nSPS) is 12.5. The molecule has 0 amide bonds. The molecule has 0 spiro atoms. The Hall–Kier alpha value is -1.30. The number of thiazole rings is 1. The van der Waals surface area contributed by atoms with Crippen molar-refractivity contribution in [3.8, 4) is 10.7 Å². The zero-order valence-electron chi connectivity index (χ0n) is 11.7. The summed E-state index contributed by atoms with van der Waals surface area (Å²) < 4.78 is 0. The van der Waals surface area contributed by atoms with Crippen LogP contribution in [0.4, 0.5) is 0 Å². The quantitative estimate of drug-likeness (QED) is 0.734. The van der Waals surface area contributed by atoms with Crippen LogP contribution in [0.25, 0.3) is 10.7 Å². The molecule has 0 aliphatic heterocycles. The Morgan fingerprint density at radius 2 is 2.30 bits per heavy atom. The molecular formula is C15H21N3OS. The lowest BCUT2D eigenvalue weighted by molar-refractivity contribution is 0.228. The Labute approximate surface area is 123 Å². The standard InChI is InChI=1S/C15H21N3OS/c1-12(10-19)5-4-7-16-9-13-11-20-15(18-13)14-6-2-3-8-17-14/h2-3,6,8,11-12,16,19H,4-5,7,9-10H2,1H3. The van der Waals surface area contributed by atoms with Crippen molar-refractivity contribution >= 4 is 11.3 Å². The number of hydrogen-bond acceptors (Lipinski definition) is 5. The maximum Gasteiger partial charge on any atom is 0.142 e. The summed E-state index contributed by atoms with van der Waals surface area (Å²) in [6.07, 6.45) is 3.93. The third kappa shape index (κ3) is 4.67. The Bertz CT molecular complexity index is 501. The monoisotopic (exact) mass is 291 g/mol. The van der Waals surface area contributed by atoms with Crippen molar-refractivity contribution in [3.63, 3.8) is 0 Å². The Morgan fingerprint density at radius 3 is 3.05 bits per heavy atom. The van der Waals surface area contributed by atoms with Gasteiger partial charge in [0.25, 0.3) is 0 Å². The summed E-state index contributed by atoms with van der Waals surface area (Å²) in [4.78, 5) is 8.89. The number of pyridine rings is 1. The summed E-state index contributed by atoms with van der Waals surface area (Å²) in [6.45, 7) is 4.09. The fourth-order valence-electron chi connectivity index (χ4n) is 1.88. The van der Waals surface area contributed by atoms with Crippen molar-refractivity contribution in [2.24, 2.45) is 5.92 Å². The zero-order valence-corrected chi connectivity index (χ0v) is 12.6. The molecule has 5 heteroatoms. The number of hydrogen-bond donors (Lipinski definition) is 2. The molecule has 2 rings (SSSR count). The van der Waals surface area contributed by atoms with Crippen LogP contribution in [0, 0.1) is 5.92 Å². The van der Waals surface area contributed by atoms with Crippen LogP contribution in [0.3, 0.4) is 0 Å². The minimum Gasteiger partial charge on any atom is -0.396 e. The lowest BCUT2D eigenvalue weighted by Crippen LogP contribution is -2.16. The molecule has 0 saturated heterocycles. The highest BCUT2D eigenvalue weighted by Crippen LogP contribution is 2.21. The first kappa shape index (κ1) is 15.1. The van der Waals surface area contributed by atoms with Gasteiger partial charge in [-0.05, 0) is 37.4 Å². The Morgan fingerprint density at radius 1 is 1.40 bits per heavy atom. The molecule has 1 unspecified atom stereocenters. The van der Waals surface area contributed by atoms with E-state index in [4.69, 9.17) is 5.11 Å². The second-order valence-corrected chi connectivity index (χ2v) is 5.82. The second kappa shape index (κ2) is 8.09. The minimum absolute atomic E-state index is 0.277. The van der Waals surface area contributed by atoms with Crippen molar-refractivity contribution in [3.05, 3.63) is 35.5 Å². The summed E-state index contributed by atoms with van der Waals surface area (Å²) in [5.41, 5.74) is 1.99. The number of aliphatic hydroxyl groups excluding tert-OH is 1. The van der Waals surface area contributed by atoms with Gasteiger partial charge in [-0.15, -0.1) is 11.3 Å². The maximum absolute atomic E-state index is 8.95. The van der Waals surface area contributed by atoms with Crippen molar-refractivity contribution < 1.29 is 5.11 Å². The van der Waals surface area contributed by atoms with Crippen molar-refractivity contribution in [1.82, 2.24) is 15.3 Å². The van der Waals surface area contributed by atoms with Gasteiger partial charge in [-0.2, -0.15) is 0 Å². The van der Waals surface area contributed by atoms with E-state index in [1.165, 1.54) is 0 Å². The molecule has 1 atom stereocenters. The Balaban J connectivity index is 1.74. The van der Waals surface area contributed by atoms with Gasteiger partial charge in [0, 0.05) is 24.7 Å². The van der Waals surface area contributed by atoms with Gasteiger partial charge in [0.1, 0.15) is 5.01 Å². The summed E-state index contributed by atoms with van der Waals surface area (Å²) in [5, 5.41) is 15.4. The number of rotatable bonds is 8. The Kier molecular flexibility index (Phi) is 6.11. The first-order valence-corrected chi connectivity index (χ1v) is 7.85. The number of nitrogens with zero attached hydrogens (tertiary/aromatic N) is 2. The number of aromatic nitrogens is 2. The molecule has 0 aromatic carbocycles. The maximum atomic E-state index is 8.95. The highest BCUT2D eigenvalue weighted by atomic mass is 32.1. The molecule has 0 saturated carbocycles. The molecule has 2 aromatic rings. The predicted molar refractivity (Wildman–Crippen MR) is 82.5 cm³/mol. The van der Waals surface area contributed by atoms with Gasteiger partial charge in [-0.1, -0.05) is 13.0 Å². The van der Waals surface area contributed by atoms with E-state index >= 15 is 0 Å². The van der Waals surface area contributed by atoms with E-state index < -0.39 is 0 Å². The van der Waals surface area contributed by atoms with Crippen LogP contribution >= 0.6 is 11.3 Å². The van der Waals surface area contributed by atoms with Crippen LogP contribution in [0.5, 0.6) is 0 Å². The second-order valence-electron chi connectivity index (χ2n) is 4.97. The predicted octanol–water partition coefficient (Wildman–Crippen LogP) is 2.70. The lowest BCUT2D eigenvalue weighted by atomic mass is 10.1. The largest absolute Gasteiger partial charge is 0.396 e. The molecule has 4 nitrogen and oxygen atoms in total. The number of aliphatic hydroxyl groups is 1. The molecule has 2 aromatic heterocycles. The van der Waals surface area contributed by atoms with Crippen LogP contribution in [-0.4, -0.2) is 28.2 Å². The zero-order chi connectivity index (χ0) is 14.2. The highest BCUT2D eigenvalue weighted by Gasteiger charge is 2.05. The fourth-order valence-corrected chi connectivity index (χ4v) is 2.67. The highest BCUT2D eigenvalue weighted by molar-refractivity contribution is 7.13. The SMILES string of the molecule is CC(CO)CCCNCc1csc(-c2ccccn2)n1. The van der Waals surface area contributed by atoms with E-state index in [0.29, 0.717) is 5.92 Å². The molecular weight excluding hydrogens is 270 g/mol. The van der Waals surface area contributed by atoms with Gasteiger partial charge in [0.05, 0.1) is 11.4 Å². The van der Waals surface area contributed by atoms with Crippen LogP contribution in [-0.2, 0) is 6.54 Å². The average molecular weight is 291 g/mol. The number of nitrogens with one attached hydrogen (secondary N) is 1. The van der Waals surface area contributed by atoms with Crippen molar-refractivity contribution in [1.29, 1.82) is 0 Å². The minimum atomic E-state index is 0.277. The van der Waals surface area contributed by atoms with E-state index in [2.05, 4.69) is 27.6 Å². The third-order valence-corrected chi connectivity index (χ3v) is 4.02. The molecule has 0 radical (unpaired) electrons. The van der Waals surface area contributed by atoms with Gasteiger partial charge < -0.3 is 10.4 Å². The van der Waals surface area contributed by atoms with Gasteiger partial charge in [0.15, 0.2) is 0 Å². The molecule has 0 fully saturated rings. The lowest BCUT2D eigenvalue weighted by Gasteiger charge is -2.07. The van der Waals surface area contributed by atoms with Crippen LogP contribution in [0.15, 0.2) is 29.8 Å². The smallest absolute Gasteiger partial charge is 0.142 e. The van der Waals surface area contributed by atoms with E-state index in [1.807, 2.05) is 18.2 Å².